The number of nitrogens with two attached hydrogens (primary N) is 2. The number of unbranched alkanes of at least 4 members (excludes halogenated alkanes) is 1. The molecule has 6 atom stereocenters. The molecule has 1 unspecified atom stereocenters. The zero-order valence-electron chi connectivity index (χ0n) is 33.6. The van der Waals surface area contributed by atoms with Gasteiger partial charge in [0.05, 0.1) is 23.8 Å². The first-order valence-electron chi connectivity index (χ1n) is 19.5. The standard InChI is InChI=1S/C42H52N8O7/c1-8-24-19(2)26-17-31-34(23(6)52)21(4)28(47-31)15-27-20(3)25(12-13-32(53)50-33(57-18-51)11-9-10-14-45-42(43)44)38(48-27)36-37(41(55)56-7)40(54)35-22(5)29(49-39(35)36)16-30(24)46-26/h15-20,24-25,33,37,47,49H,8-14H2,1-7H3,(H,50,53)(H4,43,44,45)/t19-,20+,24-,25+,33-,37?/m1/s1. The molecule has 3 aromatic rings. The molecule has 0 fully saturated rings. The lowest BCUT2D eigenvalue weighted by Gasteiger charge is -2.20. The number of methoxy groups -OCH3 is 1. The third-order valence-electron chi connectivity index (χ3n) is 11.8. The Kier molecular flexibility index (Phi) is 12.0. The highest BCUT2D eigenvalue weighted by atomic mass is 16.5. The third kappa shape index (κ3) is 7.79. The molecule has 8 bridgehead atoms. The quantitative estimate of drug-likeness (QED) is 0.0197. The number of Topliss-reactive ketones (excluding diaryl/α,β-unsaturated/α-hetero) is 2. The fourth-order valence-electron chi connectivity index (χ4n) is 8.76. The van der Waals surface area contributed by atoms with E-state index in [1.165, 1.54) is 7.11 Å². The van der Waals surface area contributed by atoms with Crippen LogP contribution in [0, 0.1) is 13.8 Å². The van der Waals surface area contributed by atoms with Gasteiger partial charge in [-0.15, -0.1) is 0 Å². The molecule has 6 rings (SSSR count). The molecule has 1 amide bonds. The lowest BCUT2D eigenvalue weighted by Crippen LogP contribution is -2.36. The Balaban J connectivity index is 1.52. The smallest absolute Gasteiger partial charge is 0.321 e. The number of aliphatic imine (C=N–C) groups is 1. The van der Waals surface area contributed by atoms with Crippen molar-refractivity contribution in [3.8, 4) is 0 Å². The van der Waals surface area contributed by atoms with Crippen LogP contribution in [0.15, 0.2) is 23.2 Å². The number of esters is 1. The second-order valence-electron chi connectivity index (χ2n) is 15.3. The molecule has 3 aromatic heterocycles. The van der Waals surface area contributed by atoms with E-state index in [2.05, 4.69) is 34.1 Å². The number of aromatic amines is 2. The summed E-state index contributed by atoms with van der Waals surface area (Å²) < 4.78 is 10.4. The highest BCUT2D eigenvalue weighted by Gasteiger charge is 2.45. The van der Waals surface area contributed by atoms with Gasteiger partial charge in [-0.05, 0) is 75.8 Å². The summed E-state index contributed by atoms with van der Waals surface area (Å²) in [6, 6.07) is 5.84. The van der Waals surface area contributed by atoms with Crippen molar-refractivity contribution in [2.75, 3.05) is 13.7 Å². The summed E-state index contributed by atoms with van der Waals surface area (Å²) in [5.41, 5.74) is 19.0. The number of hydrogen-bond acceptors (Lipinski definition) is 10. The molecule has 0 spiro atoms. The van der Waals surface area contributed by atoms with Gasteiger partial charge in [0.1, 0.15) is 5.92 Å². The molecule has 15 heteroatoms. The van der Waals surface area contributed by atoms with Crippen LogP contribution in [0.1, 0.15) is 156 Å². The minimum atomic E-state index is -1.27. The van der Waals surface area contributed by atoms with Crippen molar-refractivity contribution in [2.45, 2.75) is 116 Å². The highest BCUT2D eigenvalue weighted by molar-refractivity contribution is 6.23. The molecule has 0 radical (unpaired) electrons. The van der Waals surface area contributed by atoms with Crippen molar-refractivity contribution in [1.82, 2.24) is 25.3 Å². The van der Waals surface area contributed by atoms with Crippen LogP contribution in [-0.2, 0) is 23.9 Å². The summed E-state index contributed by atoms with van der Waals surface area (Å²) in [7, 11) is 1.25. The van der Waals surface area contributed by atoms with Crippen molar-refractivity contribution < 1.29 is 33.4 Å². The Morgan fingerprint density at radius 1 is 0.965 bits per heavy atom. The second kappa shape index (κ2) is 16.7. The van der Waals surface area contributed by atoms with Crippen LogP contribution < -0.4 is 16.8 Å². The van der Waals surface area contributed by atoms with E-state index >= 15 is 0 Å². The molecular formula is C42H52N8O7. The van der Waals surface area contributed by atoms with Gasteiger partial charge in [0.15, 0.2) is 23.8 Å². The van der Waals surface area contributed by atoms with E-state index in [4.69, 9.17) is 30.9 Å². The SMILES string of the molecule is CC[C@H]1c2cc3[nH]c4c(c3C)C(=O)C(C(=O)OC)c4c3nc(cc4[nH]c(cc(n2)[C@@H]1C)c(C(C)=O)c4C)[C@@H](C)[C@@H]3CCC(=O)N[C@@H](CCCCN=C(N)N)OC=O. The Morgan fingerprint density at radius 3 is 2.30 bits per heavy atom. The van der Waals surface area contributed by atoms with Gasteiger partial charge in [0.25, 0.3) is 6.47 Å². The van der Waals surface area contributed by atoms with Crippen LogP contribution in [0.3, 0.4) is 0 Å². The number of nitrogens with zero attached hydrogens (tertiary/aromatic N) is 3. The third-order valence-corrected chi connectivity index (χ3v) is 11.8. The van der Waals surface area contributed by atoms with Crippen LogP contribution in [-0.4, -0.2) is 75.7 Å². The Labute approximate surface area is 330 Å². The molecule has 1 aliphatic carbocycles. The number of H-pyrrole nitrogens is 2. The number of carbonyl (C=O) groups excluding carboxylic acids is 5. The Morgan fingerprint density at radius 2 is 1.63 bits per heavy atom. The molecule has 302 valence electrons. The maximum atomic E-state index is 14.3. The number of guanidine groups is 1. The van der Waals surface area contributed by atoms with Crippen molar-refractivity contribution in [1.29, 1.82) is 0 Å². The van der Waals surface area contributed by atoms with Gasteiger partial charge in [-0.1, -0.05) is 20.8 Å². The molecule has 15 nitrogen and oxygen atoms in total. The number of aryl methyl sites for hydroxylation is 2. The predicted octanol–water partition coefficient (Wildman–Crippen LogP) is 5.61. The van der Waals surface area contributed by atoms with E-state index in [0.717, 1.165) is 23.4 Å². The molecular weight excluding hydrogens is 729 g/mol. The van der Waals surface area contributed by atoms with Crippen LogP contribution in [0.2, 0.25) is 0 Å². The fourth-order valence-corrected chi connectivity index (χ4v) is 8.76. The Bertz CT molecular complexity index is 2320. The predicted molar refractivity (Wildman–Crippen MR) is 215 cm³/mol. The number of ketones is 2. The first-order valence-corrected chi connectivity index (χ1v) is 19.5. The molecule has 5 heterocycles. The van der Waals surface area contributed by atoms with E-state index in [-0.39, 0.29) is 54.0 Å². The zero-order chi connectivity index (χ0) is 41.3. The summed E-state index contributed by atoms with van der Waals surface area (Å²) in [6.07, 6.45) is 1.86. The van der Waals surface area contributed by atoms with Gasteiger partial charge in [-0.2, -0.15) is 0 Å². The number of hydrogen-bond donors (Lipinski definition) is 5. The van der Waals surface area contributed by atoms with Crippen LogP contribution >= 0.6 is 0 Å². The molecule has 57 heavy (non-hydrogen) atoms. The molecule has 0 aromatic carbocycles. The van der Waals surface area contributed by atoms with Gasteiger partial charge >= 0.3 is 5.97 Å². The average molecular weight is 781 g/mol. The maximum Gasteiger partial charge on any atom is 0.321 e. The van der Waals surface area contributed by atoms with Gasteiger partial charge in [-0.25, -0.2) is 0 Å². The van der Waals surface area contributed by atoms with E-state index < -0.39 is 24.0 Å². The lowest BCUT2D eigenvalue weighted by molar-refractivity contribution is -0.141. The van der Waals surface area contributed by atoms with Crippen molar-refractivity contribution in [2.24, 2.45) is 16.5 Å². The normalized spacial score (nSPS) is 20.2. The van der Waals surface area contributed by atoms with Crippen molar-refractivity contribution in [3.63, 3.8) is 0 Å². The van der Waals surface area contributed by atoms with Gasteiger partial charge in [0.2, 0.25) is 5.91 Å². The van der Waals surface area contributed by atoms with Crippen LogP contribution in [0.25, 0.3) is 22.1 Å². The largest absolute Gasteiger partial charge is 0.468 e. The van der Waals surface area contributed by atoms with Gasteiger partial charge < -0.3 is 36.2 Å². The molecule has 2 aliphatic heterocycles. The first-order chi connectivity index (χ1) is 27.2. The summed E-state index contributed by atoms with van der Waals surface area (Å²) in [5, 5.41) is 2.81. The summed E-state index contributed by atoms with van der Waals surface area (Å²) >= 11 is 0. The second-order valence-corrected chi connectivity index (χ2v) is 15.3. The summed E-state index contributed by atoms with van der Waals surface area (Å²) in [6.45, 7) is 12.2. The monoisotopic (exact) mass is 780 g/mol. The number of nitrogens with one attached hydrogen (secondary N) is 3. The molecule has 7 N–H and O–H groups in total. The number of carbonyl (C=O) groups is 5. The van der Waals surface area contributed by atoms with Crippen LogP contribution in [0.5, 0.6) is 0 Å². The molecule has 0 saturated carbocycles. The van der Waals surface area contributed by atoms with E-state index in [1.807, 2.05) is 39.0 Å². The number of rotatable bonds is 14. The number of amides is 1. The fraction of sp³-hybridized carbons (Fsp3) is 0.476. The lowest BCUT2D eigenvalue weighted by atomic mass is 9.84. The van der Waals surface area contributed by atoms with Crippen molar-refractivity contribution in [3.05, 3.63) is 68.8 Å². The minimum Gasteiger partial charge on any atom is -0.468 e. The van der Waals surface area contributed by atoms with Crippen molar-refractivity contribution >= 4 is 57.9 Å². The highest BCUT2D eigenvalue weighted by Crippen LogP contribution is 2.48. The first kappa shape index (κ1) is 40.8. The number of aromatic nitrogens is 4. The van der Waals surface area contributed by atoms with E-state index in [0.29, 0.717) is 88.0 Å². The molecule has 3 aliphatic rings. The Hall–Kier alpha value is -5.86. The number of ether oxygens (including phenoxy) is 2. The summed E-state index contributed by atoms with van der Waals surface area (Å²) in [5.74, 6) is -3.37. The van der Waals surface area contributed by atoms with Crippen LogP contribution in [0.4, 0.5) is 0 Å². The van der Waals surface area contributed by atoms with Gasteiger partial charge in [-0.3, -0.25) is 38.9 Å². The topological polar surface area (TPSA) is 238 Å². The zero-order valence-corrected chi connectivity index (χ0v) is 33.6. The van der Waals surface area contributed by atoms with E-state index in [9.17, 15) is 24.0 Å². The maximum absolute atomic E-state index is 14.3. The average Bonchev–Trinajstić information content (AvgIpc) is 3.90. The summed E-state index contributed by atoms with van der Waals surface area (Å²) in [4.78, 5) is 86.9. The van der Waals surface area contributed by atoms with E-state index in [1.54, 1.807) is 6.92 Å². The minimum absolute atomic E-state index is 0.0113. The molecule has 0 saturated heterocycles. The number of fused-ring (bicyclic) bond motifs is 8. The van der Waals surface area contributed by atoms with Gasteiger partial charge in [0, 0.05) is 87.9 Å².